The van der Waals surface area contributed by atoms with Crippen LogP contribution >= 0.6 is 0 Å². The third kappa shape index (κ3) is 4.43. The van der Waals surface area contributed by atoms with Crippen LogP contribution in [0.25, 0.3) is 0 Å². The molecule has 100 valence electrons. The Balaban J connectivity index is 0.000000191. The molecule has 0 heterocycles. The molecule has 0 saturated carbocycles. The van der Waals surface area contributed by atoms with Gasteiger partial charge in [0.05, 0.1) is 10.6 Å². The lowest BCUT2D eigenvalue weighted by Gasteiger charge is -1.96. The van der Waals surface area contributed by atoms with Gasteiger partial charge in [-0.3, -0.25) is 10.1 Å². The average Bonchev–Trinajstić information content (AvgIpc) is 2.35. The minimum atomic E-state index is -0.459. The van der Waals surface area contributed by atoms with Crippen molar-refractivity contribution in [3.05, 3.63) is 52.6 Å². The number of phenolic OH excluding ortho intramolecular Hbond substituents is 2. The molecule has 7 heteroatoms. The molecule has 0 amide bonds. The molecule has 0 atom stereocenters. The monoisotopic (exact) mass is 263 g/mol. The van der Waals surface area contributed by atoms with E-state index >= 15 is 0 Å². The molecule has 0 saturated heterocycles. The van der Waals surface area contributed by atoms with Gasteiger partial charge in [0.1, 0.15) is 11.5 Å². The van der Waals surface area contributed by atoms with Crippen LogP contribution in [0.5, 0.6) is 11.5 Å². The van der Waals surface area contributed by atoms with Gasteiger partial charge in [-0.05, 0) is 24.3 Å². The number of nitrogens with two attached hydrogens (primary N) is 2. The number of aromatic hydroxyl groups is 2. The summed E-state index contributed by atoms with van der Waals surface area (Å²) in [5.41, 5.74) is 11.4. The fourth-order valence-electron chi connectivity index (χ4n) is 1.13. The summed E-state index contributed by atoms with van der Waals surface area (Å²) in [4.78, 5) is 9.62. The van der Waals surface area contributed by atoms with Crippen LogP contribution in [0.2, 0.25) is 0 Å². The third-order valence-corrected chi connectivity index (χ3v) is 2.12. The normalized spacial score (nSPS) is 9.26. The van der Waals surface area contributed by atoms with Crippen molar-refractivity contribution in [3.63, 3.8) is 0 Å². The number of hydrogen-bond donors (Lipinski definition) is 4. The fourth-order valence-corrected chi connectivity index (χ4v) is 1.13. The van der Waals surface area contributed by atoms with Gasteiger partial charge in [0.2, 0.25) is 0 Å². The number of rotatable bonds is 1. The minimum Gasteiger partial charge on any atom is -0.508 e. The largest absolute Gasteiger partial charge is 0.508 e. The van der Waals surface area contributed by atoms with Gasteiger partial charge in [-0.1, -0.05) is 0 Å². The minimum absolute atomic E-state index is 0.0155. The van der Waals surface area contributed by atoms with E-state index in [0.717, 1.165) is 0 Å². The Bertz CT molecular complexity index is 570. The molecule has 0 bridgehead atoms. The van der Waals surface area contributed by atoms with E-state index in [1.807, 2.05) is 0 Å². The second-order valence-electron chi connectivity index (χ2n) is 3.59. The summed E-state index contributed by atoms with van der Waals surface area (Å²) in [6.07, 6.45) is 0. The summed E-state index contributed by atoms with van der Waals surface area (Å²) in [7, 11) is 0. The highest BCUT2D eigenvalue weighted by atomic mass is 16.6. The van der Waals surface area contributed by atoms with Gasteiger partial charge in [0.25, 0.3) is 5.69 Å². The summed E-state index contributed by atoms with van der Waals surface area (Å²) in [6, 6.07) is 9.77. The molecule has 0 fully saturated rings. The Morgan fingerprint density at radius 3 is 2.00 bits per heavy atom. The van der Waals surface area contributed by atoms with Gasteiger partial charge in [-0.15, -0.1) is 0 Å². The lowest BCUT2D eigenvalue weighted by atomic mass is 10.3. The van der Waals surface area contributed by atoms with Crippen LogP contribution in [0, 0.1) is 10.1 Å². The Morgan fingerprint density at radius 2 is 1.58 bits per heavy atom. The number of nitro groups is 1. The first kappa shape index (κ1) is 14.1. The standard InChI is InChI=1S/C6H6N2O2.C6H7NO2/c7-5-1-3-6(4-2-5)8(9)10;7-5-2-1-4(8)3-6(5)9/h1-4H,7H2;1-3,8-9H,7H2. The van der Waals surface area contributed by atoms with E-state index < -0.39 is 4.92 Å². The number of anilines is 2. The molecule has 19 heavy (non-hydrogen) atoms. The van der Waals surface area contributed by atoms with Crippen molar-refractivity contribution < 1.29 is 15.1 Å². The molecule has 0 unspecified atom stereocenters. The third-order valence-electron chi connectivity index (χ3n) is 2.12. The zero-order valence-electron chi connectivity index (χ0n) is 9.85. The van der Waals surface area contributed by atoms with E-state index in [1.54, 1.807) is 0 Å². The Kier molecular flexibility index (Phi) is 4.53. The molecule has 2 rings (SSSR count). The molecule has 0 spiro atoms. The Labute approximate surface area is 108 Å². The molecule has 7 nitrogen and oxygen atoms in total. The van der Waals surface area contributed by atoms with Crippen molar-refractivity contribution in [1.29, 1.82) is 0 Å². The summed E-state index contributed by atoms with van der Waals surface area (Å²) in [6.45, 7) is 0. The number of nitrogens with zero attached hydrogens (tertiary/aromatic N) is 1. The maximum Gasteiger partial charge on any atom is 0.269 e. The molecular weight excluding hydrogens is 250 g/mol. The lowest BCUT2D eigenvalue weighted by molar-refractivity contribution is -0.384. The summed E-state index contributed by atoms with van der Waals surface area (Å²) < 4.78 is 0. The molecule has 2 aromatic carbocycles. The van der Waals surface area contributed by atoms with E-state index in [2.05, 4.69) is 0 Å². The number of nitrogen functional groups attached to an aromatic ring is 2. The van der Waals surface area contributed by atoms with Gasteiger partial charge in [-0.2, -0.15) is 0 Å². The van der Waals surface area contributed by atoms with Crippen molar-refractivity contribution in [1.82, 2.24) is 0 Å². The maximum atomic E-state index is 10.1. The Hall–Kier alpha value is -2.96. The SMILES string of the molecule is Nc1ccc(O)cc1O.Nc1ccc([N+](=O)[O-])cc1. The van der Waals surface area contributed by atoms with E-state index in [9.17, 15) is 10.1 Å². The van der Waals surface area contributed by atoms with Crippen LogP contribution in [-0.2, 0) is 0 Å². The molecule has 0 aromatic heterocycles. The quantitative estimate of drug-likeness (QED) is 0.204. The lowest BCUT2D eigenvalue weighted by Crippen LogP contribution is -1.88. The first-order valence-electron chi connectivity index (χ1n) is 5.17. The van der Waals surface area contributed by atoms with Crippen molar-refractivity contribution in [2.24, 2.45) is 0 Å². The van der Waals surface area contributed by atoms with Gasteiger partial charge in [-0.25, -0.2) is 0 Å². The van der Waals surface area contributed by atoms with Gasteiger partial charge < -0.3 is 21.7 Å². The topological polar surface area (TPSA) is 136 Å². The van der Waals surface area contributed by atoms with Crippen LogP contribution in [0.3, 0.4) is 0 Å². The van der Waals surface area contributed by atoms with E-state index in [4.69, 9.17) is 21.7 Å². The van der Waals surface area contributed by atoms with Crippen molar-refractivity contribution >= 4 is 17.1 Å². The fraction of sp³-hybridized carbons (Fsp3) is 0. The molecule has 0 aliphatic carbocycles. The number of nitro benzene ring substituents is 1. The van der Waals surface area contributed by atoms with Gasteiger partial charge >= 0.3 is 0 Å². The summed E-state index contributed by atoms with van der Waals surface area (Å²) >= 11 is 0. The van der Waals surface area contributed by atoms with Crippen LogP contribution in [0.15, 0.2) is 42.5 Å². The zero-order valence-corrected chi connectivity index (χ0v) is 9.85. The predicted molar refractivity (Wildman–Crippen MR) is 71.7 cm³/mol. The molecular formula is C12H13N3O4. The molecule has 0 aliphatic rings. The van der Waals surface area contributed by atoms with Crippen LogP contribution < -0.4 is 11.5 Å². The second-order valence-corrected chi connectivity index (χ2v) is 3.59. The van der Waals surface area contributed by atoms with Crippen molar-refractivity contribution in [3.8, 4) is 11.5 Å². The van der Waals surface area contributed by atoms with Crippen molar-refractivity contribution in [2.45, 2.75) is 0 Å². The highest BCUT2D eigenvalue weighted by Crippen LogP contribution is 2.23. The Morgan fingerprint density at radius 1 is 1.00 bits per heavy atom. The molecule has 2 aromatic rings. The maximum absolute atomic E-state index is 10.1. The summed E-state index contributed by atoms with van der Waals surface area (Å²) in [5.74, 6) is -0.0725. The highest BCUT2D eigenvalue weighted by molar-refractivity contribution is 5.54. The molecule has 6 N–H and O–H groups in total. The van der Waals surface area contributed by atoms with Crippen molar-refractivity contribution in [2.75, 3.05) is 11.5 Å². The number of hydrogen-bond acceptors (Lipinski definition) is 6. The number of phenols is 2. The summed E-state index contributed by atoms with van der Waals surface area (Å²) in [5, 5.41) is 27.6. The van der Waals surface area contributed by atoms with E-state index in [0.29, 0.717) is 5.69 Å². The van der Waals surface area contributed by atoms with E-state index in [1.165, 1.54) is 42.5 Å². The number of benzene rings is 2. The van der Waals surface area contributed by atoms with Gasteiger partial charge in [0, 0.05) is 23.9 Å². The zero-order chi connectivity index (χ0) is 14.4. The van der Waals surface area contributed by atoms with Gasteiger partial charge in [0.15, 0.2) is 0 Å². The van der Waals surface area contributed by atoms with Crippen LogP contribution in [0.4, 0.5) is 17.1 Å². The van der Waals surface area contributed by atoms with E-state index in [-0.39, 0.29) is 22.9 Å². The molecule has 0 radical (unpaired) electrons. The predicted octanol–water partition coefficient (Wildman–Crippen LogP) is 1.86. The van der Waals surface area contributed by atoms with Crippen LogP contribution in [0.1, 0.15) is 0 Å². The number of non-ortho nitro benzene ring substituents is 1. The molecule has 0 aliphatic heterocycles. The first-order chi connectivity index (χ1) is 8.90. The highest BCUT2D eigenvalue weighted by Gasteiger charge is 2.01. The average molecular weight is 263 g/mol. The second kappa shape index (κ2) is 6.10. The smallest absolute Gasteiger partial charge is 0.269 e. The van der Waals surface area contributed by atoms with Crippen LogP contribution in [-0.4, -0.2) is 15.1 Å². The first-order valence-corrected chi connectivity index (χ1v) is 5.17.